The summed E-state index contributed by atoms with van der Waals surface area (Å²) in [7, 11) is 0. The van der Waals surface area contributed by atoms with Crippen LogP contribution in [0.4, 0.5) is 5.13 Å². The van der Waals surface area contributed by atoms with Crippen LogP contribution in [0.2, 0.25) is 0 Å². The number of piperidine rings is 1. The first-order chi connectivity index (χ1) is 14.0. The van der Waals surface area contributed by atoms with E-state index in [1.54, 1.807) is 23.7 Å². The molecule has 0 aliphatic carbocycles. The van der Waals surface area contributed by atoms with Crippen molar-refractivity contribution in [1.29, 1.82) is 0 Å². The van der Waals surface area contributed by atoms with Crippen molar-refractivity contribution >= 4 is 22.4 Å². The number of carbonyl (C=O) groups excluding carboxylic acids is 1. The van der Waals surface area contributed by atoms with E-state index in [2.05, 4.69) is 27.4 Å². The topological polar surface area (TPSA) is 75.9 Å². The van der Waals surface area contributed by atoms with Gasteiger partial charge in [-0.05, 0) is 44.7 Å². The number of rotatable bonds is 5. The molecule has 29 heavy (non-hydrogen) atoms. The number of aromatic nitrogens is 4. The molecule has 8 heteroatoms. The zero-order valence-corrected chi connectivity index (χ0v) is 17.8. The summed E-state index contributed by atoms with van der Waals surface area (Å²) in [5, 5.41) is 14.8. The van der Waals surface area contributed by atoms with Crippen LogP contribution < -0.4 is 5.32 Å². The van der Waals surface area contributed by atoms with Crippen molar-refractivity contribution in [3.63, 3.8) is 0 Å². The molecule has 7 nitrogen and oxygen atoms in total. The Morgan fingerprint density at radius 1 is 1.28 bits per heavy atom. The van der Waals surface area contributed by atoms with E-state index in [1.807, 2.05) is 42.3 Å². The van der Waals surface area contributed by atoms with E-state index >= 15 is 0 Å². The predicted octanol–water partition coefficient (Wildman–Crippen LogP) is 3.69. The van der Waals surface area contributed by atoms with Crippen molar-refractivity contribution in [3.05, 3.63) is 52.8 Å². The third-order valence-corrected chi connectivity index (χ3v) is 6.39. The highest BCUT2D eigenvalue weighted by molar-refractivity contribution is 7.13. The fourth-order valence-electron chi connectivity index (χ4n) is 3.93. The number of hydrogen-bond donors (Lipinski definition) is 1. The Kier molecular flexibility index (Phi) is 5.62. The van der Waals surface area contributed by atoms with Crippen molar-refractivity contribution in [1.82, 2.24) is 24.9 Å². The molecule has 1 unspecified atom stereocenters. The average Bonchev–Trinajstić information content (AvgIpc) is 3.38. The van der Waals surface area contributed by atoms with Crippen molar-refractivity contribution in [3.8, 4) is 5.69 Å². The van der Waals surface area contributed by atoms with Crippen LogP contribution in [0.1, 0.15) is 41.4 Å². The van der Waals surface area contributed by atoms with Crippen LogP contribution in [0.15, 0.2) is 36.0 Å². The molecule has 3 heterocycles. The molecule has 1 saturated heterocycles. The highest BCUT2D eigenvalue weighted by Crippen LogP contribution is 2.28. The summed E-state index contributed by atoms with van der Waals surface area (Å²) in [6, 6.07) is 5.95. The summed E-state index contributed by atoms with van der Waals surface area (Å²) in [4.78, 5) is 21.7. The number of amides is 1. The molecule has 0 bridgehead atoms. The van der Waals surface area contributed by atoms with Gasteiger partial charge in [-0.3, -0.25) is 4.79 Å². The molecular formula is C21H26N6OS. The second-order valence-corrected chi connectivity index (χ2v) is 8.56. The SMILES string of the molecule is Cc1ccc(-n2nccn2)c(C(=O)N2CCCC(C)[C@H]2CNc2nc(C)cs2)c1. The second-order valence-electron chi connectivity index (χ2n) is 7.70. The van der Waals surface area contributed by atoms with Crippen LogP contribution in [0.5, 0.6) is 0 Å². The number of aryl methyl sites for hydroxylation is 2. The van der Waals surface area contributed by atoms with E-state index in [4.69, 9.17) is 0 Å². The molecule has 1 fully saturated rings. The van der Waals surface area contributed by atoms with E-state index < -0.39 is 0 Å². The zero-order valence-electron chi connectivity index (χ0n) is 17.0. The quantitative estimate of drug-likeness (QED) is 0.694. The number of hydrogen-bond acceptors (Lipinski definition) is 6. The van der Waals surface area contributed by atoms with Gasteiger partial charge in [0.2, 0.25) is 0 Å². The monoisotopic (exact) mass is 410 g/mol. The molecule has 3 aromatic rings. The fourth-order valence-corrected chi connectivity index (χ4v) is 4.63. The maximum atomic E-state index is 13.7. The Labute approximate surface area is 174 Å². The molecule has 2 aromatic heterocycles. The van der Waals surface area contributed by atoms with Crippen molar-refractivity contribution in [2.45, 2.75) is 39.7 Å². The van der Waals surface area contributed by atoms with Gasteiger partial charge in [-0.1, -0.05) is 18.6 Å². The number of thiazole rings is 1. The second kappa shape index (κ2) is 8.32. The van der Waals surface area contributed by atoms with Gasteiger partial charge in [-0.15, -0.1) is 11.3 Å². The molecule has 1 amide bonds. The molecule has 0 spiro atoms. The van der Waals surface area contributed by atoms with Crippen LogP contribution in [0.3, 0.4) is 0 Å². The number of nitrogens with zero attached hydrogens (tertiary/aromatic N) is 5. The molecule has 1 aliphatic rings. The molecule has 1 aromatic carbocycles. The Hall–Kier alpha value is -2.74. The molecular weight excluding hydrogens is 384 g/mol. The maximum Gasteiger partial charge on any atom is 0.256 e. The maximum absolute atomic E-state index is 13.7. The van der Waals surface area contributed by atoms with E-state index in [9.17, 15) is 4.79 Å². The highest BCUT2D eigenvalue weighted by atomic mass is 32.1. The minimum Gasteiger partial charge on any atom is -0.359 e. The molecule has 0 saturated carbocycles. The fraction of sp³-hybridized carbons (Fsp3) is 0.429. The molecule has 4 rings (SSSR count). The Morgan fingerprint density at radius 3 is 2.79 bits per heavy atom. The first kappa shape index (κ1) is 19.6. The van der Waals surface area contributed by atoms with Gasteiger partial charge in [0, 0.05) is 18.5 Å². The lowest BCUT2D eigenvalue weighted by Gasteiger charge is -2.40. The third kappa shape index (κ3) is 4.17. The summed E-state index contributed by atoms with van der Waals surface area (Å²) in [5.74, 6) is 0.451. The van der Waals surface area contributed by atoms with Crippen LogP contribution in [-0.2, 0) is 0 Å². The summed E-state index contributed by atoms with van der Waals surface area (Å²) in [6.45, 7) is 7.67. The van der Waals surface area contributed by atoms with Crippen LogP contribution >= 0.6 is 11.3 Å². The lowest BCUT2D eigenvalue weighted by Crippen LogP contribution is -2.51. The average molecular weight is 411 g/mol. The van der Waals surface area contributed by atoms with Crippen molar-refractivity contribution in [2.75, 3.05) is 18.4 Å². The number of benzene rings is 1. The van der Waals surface area contributed by atoms with E-state index in [0.29, 0.717) is 23.7 Å². The molecule has 2 atom stereocenters. The molecule has 152 valence electrons. The Bertz CT molecular complexity index is 983. The first-order valence-electron chi connectivity index (χ1n) is 9.97. The van der Waals surface area contributed by atoms with Gasteiger partial charge in [0.1, 0.15) is 0 Å². The van der Waals surface area contributed by atoms with E-state index in [-0.39, 0.29) is 11.9 Å². The molecule has 1 N–H and O–H groups in total. The van der Waals surface area contributed by atoms with Crippen molar-refractivity contribution < 1.29 is 4.79 Å². The predicted molar refractivity (Wildman–Crippen MR) is 115 cm³/mol. The smallest absolute Gasteiger partial charge is 0.256 e. The summed E-state index contributed by atoms with van der Waals surface area (Å²) >= 11 is 1.60. The summed E-state index contributed by atoms with van der Waals surface area (Å²) < 4.78 is 0. The Morgan fingerprint density at radius 2 is 2.07 bits per heavy atom. The lowest BCUT2D eigenvalue weighted by molar-refractivity contribution is 0.0539. The van der Waals surface area contributed by atoms with Gasteiger partial charge in [0.25, 0.3) is 5.91 Å². The standard InChI is InChI=1S/C21H26N6OS/c1-14-6-7-18(27-23-8-9-24-27)17(11-14)20(28)26-10-4-5-15(2)19(26)12-22-21-25-16(3)13-29-21/h6-9,11,13,15,19H,4-5,10,12H2,1-3H3,(H,22,25)/t15?,19-/m1/s1. The van der Waals surface area contributed by atoms with Gasteiger partial charge >= 0.3 is 0 Å². The van der Waals surface area contributed by atoms with Crippen LogP contribution in [-0.4, -0.2) is 49.9 Å². The number of nitrogens with one attached hydrogen (secondary N) is 1. The Balaban J connectivity index is 1.61. The van der Waals surface area contributed by atoms with E-state index in [1.165, 1.54) is 4.80 Å². The van der Waals surface area contributed by atoms with Crippen LogP contribution in [0, 0.1) is 19.8 Å². The number of anilines is 1. The van der Waals surface area contributed by atoms with Gasteiger partial charge in [-0.2, -0.15) is 15.0 Å². The third-order valence-electron chi connectivity index (χ3n) is 5.47. The van der Waals surface area contributed by atoms with Gasteiger partial charge in [0.15, 0.2) is 5.13 Å². The minimum absolute atomic E-state index is 0.0367. The summed E-state index contributed by atoms with van der Waals surface area (Å²) in [5.41, 5.74) is 3.41. The number of likely N-dealkylation sites (tertiary alicyclic amines) is 1. The van der Waals surface area contributed by atoms with Gasteiger partial charge in [-0.25, -0.2) is 4.98 Å². The largest absolute Gasteiger partial charge is 0.359 e. The van der Waals surface area contributed by atoms with Crippen molar-refractivity contribution in [2.24, 2.45) is 5.92 Å². The lowest BCUT2D eigenvalue weighted by atomic mass is 9.90. The minimum atomic E-state index is 0.0367. The van der Waals surface area contributed by atoms with Gasteiger partial charge in [0.05, 0.1) is 35.4 Å². The summed E-state index contributed by atoms with van der Waals surface area (Å²) in [6.07, 6.45) is 5.38. The number of carbonyl (C=O) groups is 1. The van der Waals surface area contributed by atoms with Gasteiger partial charge < -0.3 is 10.2 Å². The highest BCUT2D eigenvalue weighted by Gasteiger charge is 2.33. The van der Waals surface area contributed by atoms with Crippen LogP contribution in [0.25, 0.3) is 5.69 Å². The normalized spacial score (nSPS) is 19.3. The molecule has 1 aliphatic heterocycles. The zero-order chi connectivity index (χ0) is 20.4. The molecule has 0 radical (unpaired) electrons. The van der Waals surface area contributed by atoms with E-state index in [0.717, 1.165) is 35.8 Å². The first-order valence-corrected chi connectivity index (χ1v) is 10.8.